The number of nitriles is 1. The molecule has 38 heavy (non-hydrogen) atoms. The molecule has 0 spiro atoms. The SMILES string of the molecule is CCc1ccc([C@@H](CNc2oc(-c3ccc(OCc4ccccc4Cl)cc3)nc2C#N)N2CCCC2)cc1. The van der Waals surface area contributed by atoms with Crippen LogP contribution in [-0.4, -0.2) is 29.5 Å². The van der Waals surface area contributed by atoms with E-state index in [9.17, 15) is 5.26 Å². The number of nitrogens with zero attached hydrogens (tertiary/aromatic N) is 3. The van der Waals surface area contributed by atoms with Crippen LogP contribution in [0.5, 0.6) is 5.75 Å². The molecule has 4 aromatic rings. The molecule has 1 aromatic heterocycles. The highest BCUT2D eigenvalue weighted by atomic mass is 35.5. The molecule has 5 rings (SSSR count). The van der Waals surface area contributed by atoms with Crippen molar-refractivity contribution < 1.29 is 9.15 Å². The van der Waals surface area contributed by atoms with Crippen LogP contribution < -0.4 is 10.1 Å². The first-order valence-electron chi connectivity index (χ1n) is 13.1. The standard InChI is InChI=1S/C31H31ClN4O2/c1-2-22-9-11-23(12-10-22)29(36-17-5-6-18-36)20-34-31-28(19-33)35-30(38-31)24-13-15-26(16-14-24)37-21-25-7-3-4-8-27(25)32/h3-4,7-16,29,34H,2,5-6,17-18,20-21H2,1H3/t29-/m1/s1. The minimum absolute atomic E-state index is 0.193. The number of ether oxygens (including phenoxy) is 1. The van der Waals surface area contributed by atoms with Gasteiger partial charge in [-0.05, 0) is 73.8 Å². The Morgan fingerprint density at radius 3 is 2.47 bits per heavy atom. The molecule has 3 aromatic carbocycles. The van der Waals surface area contributed by atoms with E-state index in [1.165, 1.54) is 24.0 Å². The highest BCUT2D eigenvalue weighted by Gasteiger charge is 2.25. The number of rotatable bonds is 10. The van der Waals surface area contributed by atoms with Gasteiger partial charge in [-0.2, -0.15) is 10.2 Å². The van der Waals surface area contributed by atoms with E-state index < -0.39 is 0 Å². The normalized spacial score (nSPS) is 14.2. The molecule has 0 amide bonds. The van der Waals surface area contributed by atoms with Gasteiger partial charge in [0, 0.05) is 22.7 Å². The van der Waals surface area contributed by atoms with E-state index in [1.54, 1.807) is 0 Å². The number of hydrogen-bond donors (Lipinski definition) is 1. The monoisotopic (exact) mass is 526 g/mol. The van der Waals surface area contributed by atoms with Crippen LogP contribution in [-0.2, 0) is 13.0 Å². The number of anilines is 1. The number of benzene rings is 3. The van der Waals surface area contributed by atoms with Crippen molar-refractivity contribution in [3.8, 4) is 23.3 Å². The van der Waals surface area contributed by atoms with Gasteiger partial charge in [-0.1, -0.05) is 61.0 Å². The summed E-state index contributed by atoms with van der Waals surface area (Å²) in [4.78, 5) is 6.94. The van der Waals surface area contributed by atoms with Crippen molar-refractivity contribution in [1.29, 1.82) is 5.26 Å². The first kappa shape index (κ1) is 25.8. The lowest BCUT2D eigenvalue weighted by molar-refractivity contribution is 0.255. The zero-order valence-electron chi connectivity index (χ0n) is 21.5. The summed E-state index contributed by atoms with van der Waals surface area (Å²) >= 11 is 6.22. The fourth-order valence-electron chi connectivity index (χ4n) is 4.79. The molecule has 1 atom stereocenters. The first-order valence-corrected chi connectivity index (χ1v) is 13.5. The fraction of sp³-hybridized carbons (Fsp3) is 0.290. The van der Waals surface area contributed by atoms with Crippen LogP contribution in [0.1, 0.15) is 48.2 Å². The molecule has 0 radical (unpaired) electrons. The summed E-state index contributed by atoms with van der Waals surface area (Å²) in [6, 6.07) is 26.3. The average molecular weight is 527 g/mol. The van der Waals surface area contributed by atoms with E-state index in [2.05, 4.69) is 52.5 Å². The lowest BCUT2D eigenvalue weighted by Gasteiger charge is -2.28. The summed E-state index contributed by atoms with van der Waals surface area (Å²) < 4.78 is 11.9. The Morgan fingerprint density at radius 2 is 1.79 bits per heavy atom. The summed E-state index contributed by atoms with van der Waals surface area (Å²) in [7, 11) is 0. The molecule has 1 saturated heterocycles. The molecule has 0 bridgehead atoms. The quantitative estimate of drug-likeness (QED) is 0.234. The smallest absolute Gasteiger partial charge is 0.232 e. The van der Waals surface area contributed by atoms with E-state index in [0.717, 1.165) is 30.6 Å². The largest absolute Gasteiger partial charge is 0.489 e. The molecule has 2 heterocycles. The Kier molecular flexibility index (Phi) is 8.28. The second-order valence-electron chi connectivity index (χ2n) is 9.45. The molecule has 1 aliphatic rings. The molecule has 0 unspecified atom stereocenters. The first-order chi connectivity index (χ1) is 18.6. The molecular formula is C31H31ClN4O2. The van der Waals surface area contributed by atoms with Crippen LogP contribution in [0.2, 0.25) is 5.02 Å². The number of halogens is 1. The van der Waals surface area contributed by atoms with Gasteiger partial charge in [0.05, 0.1) is 6.04 Å². The van der Waals surface area contributed by atoms with Crippen LogP contribution in [0.4, 0.5) is 5.88 Å². The van der Waals surface area contributed by atoms with Gasteiger partial charge in [0.15, 0.2) is 0 Å². The Morgan fingerprint density at radius 1 is 1.05 bits per heavy atom. The number of likely N-dealkylation sites (tertiary alicyclic amines) is 1. The minimum Gasteiger partial charge on any atom is -0.489 e. The number of nitrogens with one attached hydrogen (secondary N) is 1. The topological polar surface area (TPSA) is 74.3 Å². The Bertz CT molecular complexity index is 1390. The van der Waals surface area contributed by atoms with Crippen molar-refractivity contribution >= 4 is 17.5 Å². The van der Waals surface area contributed by atoms with Crippen molar-refractivity contribution in [3.63, 3.8) is 0 Å². The van der Waals surface area contributed by atoms with Crippen LogP contribution in [0, 0.1) is 11.3 Å². The van der Waals surface area contributed by atoms with Crippen molar-refractivity contribution in [2.24, 2.45) is 0 Å². The summed E-state index contributed by atoms with van der Waals surface area (Å²) in [5.41, 5.74) is 4.54. The molecule has 1 N–H and O–H groups in total. The minimum atomic E-state index is 0.193. The predicted molar refractivity (Wildman–Crippen MR) is 150 cm³/mol. The van der Waals surface area contributed by atoms with Crippen LogP contribution in [0.3, 0.4) is 0 Å². The number of aryl methyl sites for hydroxylation is 1. The van der Waals surface area contributed by atoms with Crippen molar-refractivity contribution in [3.05, 3.63) is 100 Å². The molecule has 194 valence electrons. The Hall–Kier alpha value is -3.79. The third kappa shape index (κ3) is 6.02. The summed E-state index contributed by atoms with van der Waals surface area (Å²) in [6.07, 6.45) is 3.43. The van der Waals surface area contributed by atoms with E-state index >= 15 is 0 Å². The van der Waals surface area contributed by atoms with Gasteiger partial charge in [-0.15, -0.1) is 0 Å². The molecule has 0 aliphatic carbocycles. The molecular weight excluding hydrogens is 496 g/mol. The van der Waals surface area contributed by atoms with Gasteiger partial charge < -0.3 is 14.5 Å². The molecule has 1 aliphatic heterocycles. The lowest BCUT2D eigenvalue weighted by atomic mass is 10.0. The number of aromatic nitrogens is 1. The molecule has 1 fully saturated rings. The predicted octanol–water partition coefficient (Wildman–Crippen LogP) is 7.26. The van der Waals surface area contributed by atoms with Crippen LogP contribution in [0.25, 0.3) is 11.5 Å². The van der Waals surface area contributed by atoms with Crippen molar-refractivity contribution in [1.82, 2.24) is 9.88 Å². The van der Waals surface area contributed by atoms with E-state index in [4.69, 9.17) is 20.8 Å². The van der Waals surface area contributed by atoms with Gasteiger partial charge in [0.2, 0.25) is 17.5 Å². The van der Waals surface area contributed by atoms with Gasteiger partial charge in [0.1, 0.15) is 18.4 Å². The molecule has 6 nitrogen and oxygen atoms in total. The second kappa shape index (κ2) is 12.2. The van der Waals surface area contributed by atoms with Crippen molar-refractivity contribution in [2.45, 2.75) is 38.8 Å². The zero-order chi connectivity index (χ0) is 26.3. The highest BCUT2D eigenvalue weighted by Crippen LogP contribution is 2.30. The third-order valence-electron chi connectivity index (χ3n) is 7.00. The maximum absolute atomic E-state index is 9.72. The Balaban J connectivity index is 1.28. The van der Waals surface area contributed by atoms with Crippen LogP contribution in [0.15, 0.2) is 77.2 Å². The maximum atomic E-state index is 9.72. The van der Waals surface area contributed by atoms with Crippen molar-refractivity contribution in [2.75, 3.05) is 25.0 Å². The number of oxazole rings is 1. The second-order valence-corrected chi connectivity index (χ2v) is 9.86. The number of hydrogen-bond acceptors (Lipinski definition) is 6. The van der Waals surface area contributed by atoms with Crippen LogP contribution >= 0.6 is 11.6 Å². The third-order valence-corrected chi connectivity index (χ3v) is 7.37. The molecule has 0 saturated carbocycles. The van der Waals surface area contributed by atoms with E-state index in [0.29, 0.717) is 35.7 Å². The summed E-state index contributed by atoms with van der Waals surface area (Å²) in [6.45, 7) is 5.31. The summed E-state index contributed by atoms with van der Waals surface area (Å²) in [5, 5.41) is 13.8. The summed E-state index contributed by atoms with van der Waals surface area (Å²) in [5.74, 6) is 1.50. The lowest BCUT2D eigenvalue weighted by Crippen LogP contribution is -2.31. The van der Waals surface area contributed by atoms with E-state index in [1.807, 2.05) is 48.5 Å². The van der Waals surface area contributed by atoms with Gasteiger partial charge in [-0.3, -0.25) is 4.90 Å². The van der Waals surface area contributed by atoms with Gasteiger partial charge >= 0.3 is 0 Å². The van der Waals surface area contributed by atoms with E-state index in [-0.39, 0.29) is 11.7 Å². The zero-order valence-corrected chi connectivity index (χ0v) is 22.2. The highest BCUT2D eigenvalue weighted by molar-refractivity contribution is 6.31. The Labute approximate surface area is 228 Å². The molecule has 7 heteroatoms. The average Bonchev–Trinajstić information content (AvgIpc) is 3.64. The maximum Gasteiger partial charge on any atom is 0.232 e. The van der Waals surface area contributed by atoms with Gasteiger partial charge in [0.25, 0.3) is 0 Å². The fourth-order valence-corrected chi connectivity index (χ4v) is 4.98. The van der Waals surface area contributed by atoms with Gasteiger partial charge in [-0.25, -0.2) is 0 Å².